The lowest BCUT2D eigenvalue weighted by atomic mass is 10.0. The Morgan fingerprint density at radius 2 is 1.65 bits per heavy atom. The quantitative estimate of drug-likeness (QED) is 0.696. The largest absolute Gasteiger partial charge is 0.339 e. The number of carbonyl (C=O) groups excluding carboxylic acids is 2. The molecule has 26 heavy (non-hydrogen) atoms. The zero-order chi connectivity index (χ0) is 18.5. The molecule has 2 aromatic rings. The highest BCUT2D eigenvalue weighted by molar-refractivity contribution is 7.91. The van der Waals surface area contributed by atoms with E-state index in [9.17, 15) is 18.0 Å². The van der Waals surface area contributed by atoms with Crippen LogP contribution in [0.4, 0.5) is 0 Å². The number of fused-ring (bicyclic) bond motifs is 2. The fourth-order valence-electron chi connectivity index (χ4n) is 3.88. The molecule has 0 atom stereocenters. The van der Waals surface area contributed by atoms with Crippen LogP contribution in [0, 0.1) is 0 Å². The highest BCUT2D eigenvalue weighted by Gasteiger charge is 2.35. The molecule has 4 rings (SSSR count). The summed E-state index contributed by atoms with van der Waals surface area (Å²) in [5.41, 5.74) is 0.611. The van der Waals surface area contributed by atoms with Gasteiger partial charge >= 0.3 is 0 Å². The molecule has 1 amide bonds. The van der Waals surface area contributed by atoms with Gasteiger partial charge in [0.15, 0.2) is 5.78 Å². The van der Waals surface area contributed by atoms with Gasteiger partial charge in [-0.05, 0) is 43.2 Å². The van der Waals surface area contributed by atoms with E-state index in [4.69, 9.17) is 0 Å². The van der Waals surface area contributed by atoms with Crippen LogP contribution in [-0.4, -0.2) is 38.1 Å². The molecule has 0 saturated heterocycles. The summed E-state index contributed by atoms with van der Waals surface area (Å²) in [5, 5.41) is 0. The number of benzene rings is 2. The first-order valence-electron chi connectivity index (χ1n) is 8.71. The minimum atomic E-state index is -3.83. The lowest BCUT2D eigenvalue weighted by molar-refractivity contribution is 0.0734. The third-order valence-corrected chi connectivity index (χ3v) is 7.23. The van der Waals surface area contributed by atoms with E-state index in [0.29, 0.717) is 5.56 Å². The van der Waals surface area contributed by atoms with Gasteiger partial charge < -0.3 is 4.90 Å². The van der Waals surface area contributed by atoms with E-state index >= 15 is 0 Å². The molecular weight excluding hydrogens is 350 g/mol. The van der Waals surface area contributed by atoms with Crippen LogP contribution in [-0.2, 0) is 9.84 Å². The number of hydrogen-bond donors (Lipinski definition) is 0. The highest BCUT2D eigenvalue weighted by atomic mass is 32.2. The van der Waals surface area contributed by atoms with E-state index in [1.807, 2.05) is 0 Å². The van der Waals surface area contributed by atoms with Gasteiger partial charge in [-0.3, -0.25) is 9.59 Å². The Kier molecular flexibility index (Phi) is 3.95. The second-order valence-corrected chi connectivity index (χ2v) is 8.78. The van der Waals surface area contributed by atoms with Gasteiger partial charge in [-0.25, -0.2) is 8.42 Å². The van der Waals surface area contributed by atoms with Crippen LogP contribution in [0.2, 0.25) is 0 Å². The summed E-state index contributed by atoms with van der Waals surface area (Å²) in [5.74, 6) is -0.533. The third kappa shape index (κ3) is 2.48. The molecule has 0 bridgehead atoms. The van der Waals surface area contributed by atoms with Crippen LogP contribution in [0.3, 0.4) is 0 Å². The van der Waals surface area contributed by atoms with Crippen molar-refractivity contribution in [1.82, 2.24) is 4.90 Å². The van der Waals surface area contributed by atoms with Crippen molar-refractivity contribution < 1.29 is 18.0 Å². The van der Waals surface area contributed by atoms with Crippen LogP contribution in [0.1, 0.15) is 52.0 Å². The zero-order valence-electron chi connectivity index (χ0n) is 14.4. The van der Waals surface area contributed by atoms with E-state index in [0.717, 1.165) is 25.7 Å². The summed E-state index contributed by atoms with van der Waals surface area (Å²) in [7, 11) is -2.07. The normalized spacial score (nSPS) is 18.3. The van der Waals surface area contributed by atoms with Crippen LogP contribution < -0.4 is 0 Å². The summed E-state index contributed by atoms with van der Waals surface area (Å²) in [4.78, 5) is 27.1. The molecule has 2 aliphatic rings. The molecule has 1 aliphatic carbocycles. The Bertz CT molecular complexity index is 1020. The number of hydrogen-bond acceptors (Lipinski definition) is 4. The van der Waals surface area contributed by atoms with Gasteiger partial charge in [-0.15, -0.1) is 0 Å². The first kappa shape index (κ1) is 17.0. The summed E-state index contributed by atoms with van der Waals surface area (Å²) in [6, 6.07) is 10.7. The summed E-state index contributed by atoms with van der Waals surface area (Å²) in [6.45, 7) is 0. The molecule has 5 nitrogen and oxygen atoms in total. The zero-order valence-corrected chi connectivity index (χ0v) is 15.3. The summed E-state index contributed by atoms with van der Waals surface area (Å²) < 4.78 is 25.9. The Morgan fingerprint density at radius 1 is 1.00 bits per heavy atom. The Labute approximate surface area is 152 Å². The first-order chi connectivity index (χ1) is 12.4. The lowest BCUT2D eigenvalue weighted by Gasteiger charge is -2.25. The van der Waals surface area contributed by atoms with Crippen LogP contribution >= 0.6 is 0 Å². The third-order valence-electron chi connectivity index (χ3n) is 5.38. The van der Waals surface area contributed by atoms with Crippen LogP contribution in [0.25, 0.3) is 0 Å². The number of ketones is 1. The van der Waals surface area contributed by atoms with Gasteiger partial charge in [0.2, 0.25) is 9.84 Å². The highest BCUT2D eigenvalue weighted by Crippen LogP contribution is 2.35. The van der Waals surface area contributed by atoms with Crippen molar-refractivity contribution in [2.75, 3.05) is 7.05 Å². The molecule has 0 radical (unpaired) electrons. The van der Waals surface area contributed by atoms with Crippen LogP contribution in [0.15, 0.2) is 52.3 Å². The number of nitrogens with zero attached hydrogens (tertiary/aromatic N) is 1. The lowest BCUT2D eigenvalue weighted by Crippen LogP contribution is -2.35. The Morgan fingerprint density at radius 3 is 2.38 bits per heavy atom. The second kappa shape index (κ2) is 6.06. The minimum Gasteiger partial charge on any atom is -0.339 e. The molecule has 134 valence electrons. The van der Waals surface area contributed by atoms with Crippen molar-refractivity contribution in [3.05, 3.63) is 59.2 Å². The number of rotatable bonds is 2. The second-order valence-electron chi connectivity index (χ2n) is 6.89. The van der Waals surface area contributed by atoms with E-state index in [1.165, 1.54) is 24.3 Å². The fraction of sp³-hybridized carbons (Fsp3) is 0.300. The Hall–Kier alpha value is -2.47. The van der Waals surface area contributed by atoms with Gasteiger partial charge in [-0.1, -0.05) is 25.0 Å². The SMILES string of the molecule is CN(C(=O)c1ccc2c(c1)S(=O)(=O)c1ccccc1C2=O)C1CCCC1. The van der Waals surface area contributed by atoms with Crippen molar-refractivity contribution in [3.63, 3.8) is 0 Å². The van der Waals surface area contributed by atoms with Crippen molar-refractivity contribution in [2.24, 2.45) is 0 Å². The summed E-state index contributed by atoms with van der Waals surface area (Å²) >= 11 is 0. The average molecular weight is 369 g/mol. The first-order valence-corrected chi connectivity index (χ1v) is 10.2. The maximum Gasteiger partial charge on any atom is 0.253 e. The fourth-order valence-corrected chi connectivity index (χ4v) is 5.56. The topological polar surface area (TPSA) is 71.5 Å². The predicted molar refractivity (Wildman–Crippen MR) is 96.1 cm³/mol. The Balaban J connectivity index is 1.78. The molecule has 1 fully saturated rings. The molecule has 0 unspecified atom stereocenters. The predicted octanol–water partition coefficient (Wildman–Crippen LogP) is 3.08. The van der Waals surface area contributed by atoms with Gasteiger partial charge in [0, 0.05) is 29.8 Å². The van der Waals surface area contributed by atoms with Gasteiger partial charge in [-0.2, -0.15) is 0 Å². The van der Waals surface area contributed by atoms with Crippen molar-refractivity contribution in [3.8, 4) is 0 Å². The number of carbonyl (C=O) groups is 2. The molecule has 6 heteroatoms. The van der Waals surface area contributed by atoms with Crippen molar-refractivity contribution >= 4 is 21.5 Å². The maximum absolute atomic E-state index is 13.0. The van der Waals surface area contributed by atoms with E-state index in [2.05, 4.69) is 0 Å². The average Bonchev–Trinajstić information content (AvgIpc) is 3.19. The van der Waals surface area contributed by atoms with Gasteiger partial charge in [0.25, 0.3) is 5.91 Å². The van der Waals surface area contributed by atoms with Gasteiger partial charge in [0.1, 0.15) is 0 Å². The van der Waals surface area contributed by atoms with Crippen molar-refractivity contribution in [2.45, 2.75) is 41.5 Å². The monoisotopic (exact) mass is 369 g/mol. The van der Waals surface area contributed by atoms with Crippen molar-refractivity contribution in [1.29, 1.82) is 0 Å². The van der Waals surface area contributed by atoms with E-state index in [1.54, 1.807) is 30.1 Å². The van der Waals surface area contributed by atoms with Gasteiger partial charge in [0.05, 0.1) is 9.79 Å². The van der Waals surface area contributed by atoms with Crippen LogP contribution in [0.5, 0.6) is 0 Å². The molecular formula is C20H19NO4S. The standard InChI is InChI=1S/C20H19NO4S/c1-21(14-6-2-3-7-14)20(23)13-10-11-16-18(12-13)26(24,25)17-9-5-4-8-15(17)19(16)22/h4-5,8-12,14H,2-3,6-7H2,1H3. The van der Waals surface area contributed by atoms with E-state index < -0.39 is 9.84 Å². The summed E-state index contributed by atoms with van der Waals surface area (Å²) in [6.07, 6.45) is 4.15. The molecule has 1 heterocycles. The molecule has 0 spiro atoms. The molecule has 1 aliphatic heterocycles. The molecule has 1 saturated carbocycles. The number of amides is 1. The molecule has 0 N–H and O–H groups in total. The smallest absolute Gasteiger partial charge is 0.253 e. The maximum atomic E-state index is 13.0. The van der Waals surface area contributed by atoms with E-state index in [-0.39, 0.29) is 38.7 Å². The number of sulfone groups is 1. The molecule has 2 aromatic carbocycles. The molecule has 0 aromatic heterocycles. The minimum absolute atomic E-state index is 0.00578.